The number of amides is 5. The molecule has 0 saturated carbocycles. The molecule has 0 saturated heterocycles. The second-order valence-electron chi connectivity index (χ2n) is 10.0. The van der Waals surface area contributed by atoms with Gasteiger partial charge in [-0.15, -0.1) is 10.2 Å². The topological polar surface area (TPSA) is 247 Å². The maximum Gasteiger partial charge on any atom is 0.332 e. The van der Waals surface area contributed by atoms with Crippen LogP contribution in [0.25, 0.3) is 11.1 Å². The number of hydrogen-bond acceptors (Lipinski definition) is 9. The summed E-state index contributed by atoms with van der Waals surface area (Å²) in [6, 6.07) is 14.6. The van der Waals surface area contributed by atoms with E-state index in [0.29, 0.717) is 24.2 Å². The SMILES string of the molecule is CC(C)CC(=O)N[C@H](/C=N/NC(N)=O)CC(=O)O.CNC(=O)[C@H](CCc1nn[nH]n1)NC(=O)c1ccccc1-c1ccccc1. The minimum Gasteiger partial charge on any atom is -0.481 e. The first-order valence-corrected chi connectivity index (χ1v) is 14.0. The van der Waals surface area contributed by atoms with E-state index in [4.69, 9.17) is 10.8 Å². The van der Waals surface area contributed by atoms with Crippen molar-refractivity contribution >= 4 is 35.9 Å². The van der Waals surface area contributed by atoms with Gasteiger partial charge in [-0.1, -0.05) is 67.6 Å². The summed E-state index contributed by atoms with van der Waals surface area (Å²) in [5, 5.41) is 33.6. The predicted octanol–water partition coefficient (Wildman–Crippen LogP) is 0.990. The van der Waals surface area contributed by atoms with Crippen LogP contribution in [0.2, 0.25) is 0 Å². The average molecular weight is 623 g/mol. The Morgan fingerprint density at radius 3 is 2.29 bits per heavy atom. The summed E-state index contributed by atoms with van der Waals surface area (Å²) < 4.78 is 0. The van der Waals surface area contributed by atoms with Gasteiger partial charge in [0.15, 0.2) is 5.82 Å². The van der Waals surface area contributed by atoms with E-state index in [1.807, 2.05) is 61.7 Å². The van der Waals surface area contributed by atoms with Gasteiger partial charge in [0.2, 0.25) is 11.8 Å². The Morgan fingerprint density at radius 2 is 1.69 bits per heavy atom. The van der Waals surface area contributed by atoms with Crippen LogP contribution in [-0.4, -0.2) is 80.8 Å². The van der Waals surface area contributed by atoms with Crippen LogP contribution in [0.15, 0.2) is 59.7 Å². The Bertz CT molecular complexity index is 1430. The van der Waals surface area contributed by atoms with Crippen molar-refractivity contribution in [2.24, 2.45) is 16.8 Å². The molecule has 0 spiro atoms. The summed E-state index contributed by atoms with van der Waals surface area (Å²) in [7, 11) is 1.54. The molecular formula is C29H38N10O6. The molecule has 0 aliphatic rings. The molecular weight excluding hydrogens is 584 g/mol. The highest BCUT2D eigenvalue weighted by Gasteiger charge is 2.22. The van der Waals surface area contributed by atoms with Gasteiger partial charge in [0.25, 0.3) is 5.91 Å². The molecule has 2 aromatic carbocycles. The van der Waals surface area contributed by atoms with Crippen molar-refractivity contribution < 1.29 is 29.1 Å². The third-order valence-corrected chi connectivity index (χ3v) is 5.93. The minimum atomic E-state index is -1.09. The first kappa shape index (κ1) is 35.5. The summed E-state index contributed by atoms with van der Waals surface area (Å²) in [4.78, 5) is 57.5. The van der Waals surface area contributed by atoms with E-state index < -0.39 is 24.1 Å². The molecule has 3 aromatic rings. The molecule has 8 N–H and O–H groups in total. The molecule has 5 amide bonds. The van der Waals surface area contributed by atoms with Crippen LogP contribution in [0.5, 0.6) is 0 Å². The number of hydrazone groups is 1. The number of carbonyl (C=O) groups excluding carboxylic acids is 4. The molecule has 1 heterocycles. The van der Waals surface area contributed by atoms with Gasteiger partial charge in [-0.2, -0.15) is 10.3 Å². The maximum atomic E-state index is 12.9. The van der Waals surface area contributed by atoms with Crippen molar-refractivity contribution in [3.05, 3.63) is 66.0 Å². The number of carboxylic acid groups (broad SMARTS) is 1. The standard InChI is InChI=1S/C19H20N6O2.C10H18N4O4/c1-20-19(27)16(11-12-17-22-24-25-23-17)21-18(26)15-10-6-5-9-14(15)13-7-3-2-4-8-13;1-6(2)3-8(15)13-7(4-9(16)17)5-12-14-10(11)18/h2-10,16H,11-12H2,1H3,(H,20,27)(H,21,26)(H,22,23,24,25);5-7H,3-4H2,1-2H3,(H,13,15)(H,16,17)(H3,11,14,18)/b;12-5+/t16-;7-/m00/s1. The van der Waals surface area contributed by atoms with Gasteiger partial charge >= 0.3 is 12.0 Å². The number of carbonyl (C=O) groups is 5. The molecule has 0 fully saturated rings. The Hall–Kier alpha value is -5.67. The number of nitrogens with zero attached hydrogens (tertiary/aromatic N) is 4. The zero-order valence-electron chi connectivity index (χ0n) is 25.2. The molecule has 0 bridgehead atoms. The highest BCUT2D eigenvalue weighted by Crippen LogP contribution is 2.23. The number of hydrogen-bond donors (Lipinski definition) is 7. The van der Waals surface area contributed by atoms with Crippen LogP contribution < -0.4 is 27.1 Å². The normalized spacial score (nSPS) is 11.9. The first-order chi connectivity index (χ1) is 21.5. The van der Waals surface area contributed by atoms with Crippen molar-refractivity contribution in [3.8, 4) is 11.1 Å². The number of primary amides is 1. The lowest BCUT2D eigenvalue weighted by Crippen LogP contribution is -2.46. The number of urea groups is 1. The fraction of sp³-hybridized carbons (Fsp3) is 0.345. The van der Waals surface area contributed by atoms with Crippen LogP contribution >= 0.6 is 0 Å². The highest BCUT2D eigenvalue weighted by atomic mass is 16.4. The van der Waals surface area contributed by atoms with Crippen LogP contribution in [0.3, 0.4) is 0 Å². The van der Waals surface area contributed by atoms with Crippen LogP contribution in [-0.2, 0) is 20.8 Å². The molecule has 3 rings (SSSR count). The molecule has 1 aromatic heterocycles. The van der Waals surface area contributed by atoms with E-state index in [1.54, 1.807) is 12.1 Å². The fourth-order valence-electron chi connectivity index (χ4n) is 3.95. The number of tetrazole rings is 1. The molecule has 0 aliphatic heterocycles. The molecule has 45 heavy (non-hydrogen) atoms. The van der Waals surface area contributed by atoms with Crippen molar-refractivity contribution in [2.75, 3.05) is 7.05 Å². The van der Waals surface area contributed by atoms with Crippen LogP contribution in [0, 0.1) is 5.92 Å². The number of nitrogens with one attached hydrogen (secondary N) is 5. The van der Waals surface area contributed by atoms with Gasteiger partial charge in [-0.05, 0) is 29.5 Å². The molecule has 16 nitrogen and oxygen atoms in total. The maximum absolute atomic E-state index is 12.9. The Kier molecular flexibility index (Phi) is 14.8. The number of likely N-dealkylation sites (N-methyl/N-ethyl adjacent to an activating group) is 1. The van der Waals surface area contributed by atoms with E-state index >= 15 is 0 Å². The highest BCUT2D eigenvalue weighted by molar-refractivity contribution is 6.02. The molecule has 0 unspecified atom stereocenters. The number of H-pyrrole nitrogens is 1. The summed E-state index contributed by atoms with van der Waals surface area (Å²) in [6.07, 6.45) is 1.85. The summed E-state index contributed by atoms with van der Waals surface area (Å²) >= 11 is 0. The Balaban J connectivity index is 0.000000344. The Morgan fingerprint density at radius 1 is 1.00 bits per heavy atom. The summed E-state index contributed by atoms with van der Waals surface area (Å²) in [5.74, 6) is -1.30. The average Bonchev–Trinajstić information content (AvgIpc) is 3.52. The molecule has 0 aliphatic carbocycles. The lowest BCUT2D eigenvalue weighted by atomic mass is 9.98. The number of aryl methyl sites for hydroxylation is 1. The largest absolute Gasteiger partial charge is 0.481 e. The number of aromatic amines is 1. The first-order valence-electron chi connectivity index (χ1n) is 14.0. The second-order valence-corrected chi connectivity index (χ2v) is 10.0. The van der Waals surface area contributed by atoms with Crippen LogP contribution in [0.1, 0.15) is 49.3 Å². The van der Waals surface area contributed by atoms with Crippen LogP contribution in [0.4, 0.5) is 4.79 Å². The number of benzene rings is 2. The number of nitrogens with two attached hydrogens (primary N) is 1. The number of rotatable bonds is 14. The van der Waals surface area contributed by atoms with E-state index in [-0.39, 0.29) is 36.5 Å². The van der Waals surface area contributed by atoms with E-state index in [9.17, 15) is 24.0 Å². The third kappa shape index (κ3) is 13.5. The summed E-state index contributed by atoms with van der Waals surface area (Å²) in [6.45, 7) is 3.74. The lowest BCUT2D eigenvalue weighted by molar-refractivity contribution is -0.137. The van der Waals surface area contributed by atoms with E-state index in [0.717, 1.165) is 17.3 Å². The fourth-order valence-corrected chi connectivity index (χ4v) is 3.95. The minimum absolute atomic E-state index is 0.163. The van der Waals surface area contributed by atoms with Gasteiger partial charge in [-0.25, -0.2) is 10.2 Å². The van der Waals surface area contributed by atoms with Crippen molar-refractivity contribution in [1.82, 2.24) is 42.0 Å². The van der Waals surface area contributed by atoms with Crippen molar-refractivity contribution in [1.29, 1.82) is 0 Å². The van der Waals surface area contributed by atoms with Gasteiger partial charge in [-0.3, -0.25) is 19.2 Å². The number of aromatic nitrogens is 4. The number of aliphatic carboxylic acids is 1. The third-order valence-electron chi connectivity index (χ3n) is 5.93. The van der Waals surface area contributed by atoms with E-state index in [2.05, 4.69) is 41.7 Å². The molecule has 240 valence electrons. The molecule has 16 heteroatoms. The summed E-state index contributed by atoms with van der Waals surface area (Å²) in [5.41, 5.74) is 8.96. The smallest absolute Gasteiger partial charge is 0.332 e. The molecule has 0 radical (unpaired) electrons. The zero-order chi connectivity index (χ0) is 33.2. The monoisotopic (exact) mass is 622 g/mol. The zero-order valence-corrected chi connectivity index (χ0v) is 25.2. The van der Waals surface area contributed by atoms with Gasteiger partial charge < -0.3 is 26.8 Å². The Labute approximate surface area is 259 Å². The van der Waals surface area contributed by atoms with Gasteiger partial charge in [0.1, 0.15) is 6.04 Å². The van der Waals surface area contributed by atoms with Crippen molar-refractivity contribution in [2.45, 2.75) is 51.6 Å². The van der Waals surface area contributed by atoms with Gasteiger partial charge in [0.05, 0.1) is 12.5 Å². The van der Waals surface area contributed by atoms with Gasteiger partial charge in [0, 0.05) is 31.7 Å². The predicted molar refractivity (Wildman–Crippen MR) is 165 cm³/mol. The lowest BCUT2D eigenvalue weighted by Gasteiger charge is -2.18. The number of carboxylic acids is 1. The van der Waals surface area contributed by atoms with Crippen molar-refractivity contribution in [3.63, 3.8) is 0 Å². The quantitative estimate of drug-likeness (QED) is 0.0999. The van der Waals surface area contributed by atoms with E-state index in [1.165, 1.54) is 7.05 Å². The molecule has 2 atom stereocenters. The second kappa shape index (κ2) is 18.8.